The molecular weight excluding hydrogens is 164 g/mol. The highest BCUT2D eigenvalue weighted by Crippen LogP contribution is 2.31. The highest BCUT2D eigenvalue weighted by Gasteiger charge is 1.94. The monoisotopic (exact) mass is 170 g/mol. The summed E-state index contributed by atoms with van der Waals surface area (Å²) in [5, 5.41) is 8.10. The van der Waals surface area contributed by atoms with Crippen molar-refractivity contribution < 1.29 is 9.90 Å². The van der Waals surface area contributed by atoms with Crippen LogP contribution >= 0.6 is 31.4 Å². The number of carboxylic acid groups (broad SMARTS) is 1. The molecule has 0 saturated carbocycles. The Morgan fingerprint density at radius 3 is 2.75 bits per heavy atom. The molecule has 1 N–H and O–H groups in total. The third kappa shape index (κ3) is 6.52. The van der Waals surface area contributed by atoms with Crippen LogP contribution in [0, 0.1) is 0 Å². The van der Waals surface area contributed by atoms with E-state index in [4.69, 9.17) is 5.11 Å². The van der Waals surface area contributed by atoms with Crippen LogP contribution in [0.15, 0.2) is 0 Å². The van der Waals surface area contributed by atoms with Gasteiger partial charge in [-0.05, 0) is 16.1 Å². The number of rotatable bonds is 4. The molecular formula is C3H6O2S3. The number of hydrogen-bond acceptors (Lipinski definition) is 4. The molecule has 0 aliphatic carbocycles. The normalized spacial score (nSPS) is 9.12. The van der Waals surface area contributed by atoms with Crippen molar-refractivity contribution in [2.75, 3.05) is 12.0 Å². The first kappa shape index (κ1) is 8.52. The van der Waals surface area contributed by atoms with Crippen molar-refractivity contribution in [2.45, 2.75) is 0 Å². The highest BCUT2D eigenvalue weighted by molar-refractivity contribution is 9.09. The van der Waals surface area contributed by atoms with Crippen molar-refractivity contribution >= 4 is 37.4 Å². The maximum Gasteiger partial charge on any atom is 0.314 e. The van der Waals surface area contributed by atoms with Crippen molar-refractivity contribution in [2.24, 2.45) is 0 Å². The summed E-state index contributed by atoms with van der Waals surface area (Å²) in [5.41, 5.74) is 0. The first-order valence-corrected chi connectivity index (χ1v) is 5.87. The Morgan fingerprint density at radius 2 is 2.38 bits per heavy atom. The Kier molecular flexibility index (Phi) is 6.02. The molecule has 0 aromatic carbocycles. The molecule has 0 amide bonds. The molecule has 0 heterocycles. The maximum atomic E-state index is 9.83. The summed E-state index contributed by atoms with van der Waals surface area (Å²) in [7, 11) is 4.39. The smallest absolute Gasteiger partial charge is 0.314 e. The number of carbonyl (C=O) groups is 1. The molecule has 0 fully saturated rings. The Hall–Kier alpha value is 0.520. The standard InChI is InChI=1S/C3H6O2S3/c1-6-8-7-2-3(4)5/h2H2,1H3,(H,4,5). The van der Waals surface area contributed by atoms with Crippen molar-refractivity contribution in [3.8, 4) is 0 Å². The van der Waals surface area contributed by atoms with E-state index in [0.717, 1.165) is 0 Å². The van der Waals surface area contributed by atoms with E-state index < -0.39 is 5.97 Å². The first-order valence-electron chi connectivity index (χ1n) is 1.81. The molecule has 0 saturated heterocycles. The molecule has 8 heavy (non-hydrogen) atoms. The lowest BCUT2D eigenvalue weighted by atomic mass is 10.8. The minimum Gasteiger partial charge on any atom is -0.481 e. The van der Waals surface area contributed by atoms with E-state index in [1.165, 1.54) is 20.6 Å². The molecule has 0 rings (SSSR count). The molecule has 0 aliphatic heterocycles. The van der Waals surface area contributed by atoms with Gasteiger partial charge in [0.1, 0.15) is 5.75 Å². The summed E-state index contributed by atoms with van der Waals surface area (Å²) < 4.78 is 0. The SMILES string of the molecule is CSSSCC(=O)O. The van der Waals surface area contributed by atoms with Gasteiger partial charge in [-0.3, -0.25) is 4.79 Å². The average molecular weight is 170 g/mol. The van der Waals surface area contributed by atoms with Crippen LogP contribution in [0.2, 0.25) is 0 Å². The molecule has 0 atom stereocenters. The zero-order valence-corrected chi connectivity index (χ0v) is 6.74. The molecule has 0 unspecified atom stereocenters. The lowest BCUT2D eigenvalue weighted by Crippen LogP contribution is -1.95. The van der Waals surface area contributed by atoms with E-state index in [2.05, 4.69) is 0 Å². The fourth-order valence-electron chi connectivity index (χ4n) is 0.123. The van der Waals surface area contributed by atoms with E-state index in [1.807, 2.05) is 6.26 Å². The third-order valence-electron chi connectivity index (χ3n) is 0.299. The van der Waals surface area contributed by atoms with Gasteiger partial charge in [-0.2, -0.15) is 0 Å². The second kappa shape index (κ2) is 5.65. The Bertz CT molecular complexity index is 74.9. The molecule has 48 valence electrons. The van der Waals surface area contributed by atoms with E-state index in [1.54, 1.807) is 10.8 Å². The van der Waals surface area contributed by atoms with Gasteiger partial charge in [0.15, 0.2) is 0 Å². The molecule has 5 heteroatoms. The molecule has 0 radical (unpaired) electrons. The van der Waals surface area contributed by atoms with Crippen molar-refractivity contribution in [3.05, 3.63) is 0 Å². The minimum absolute atomic E-state index is 0.186. The van der Waals surface area contributed by atoms with E-state index in [0.29, 0.717) is 0 Å². The largest absolute Gasteiger partial charge is 0.481 e. The van der Waals surface area contributed by atoms with Gasteiger partial charge in [0.25, 0.3) is 0 Å². The highest BCUT2D eigenvalue weighted by atomic mass is 33.5. The summed E-state index contributed by atoms with van der Waals surface area (Å²) in [6.45, 7) is 0. The van der Waals surface area contributed by atoms with Gasteiger partial charge >= 0.3 is 5.97 Å². The van der Waals surface area contributed by atoms with Crippen molar-refractivity contribution in [1.29, 1.82) is 0 Å². The van der Waals surface area contributed by atoms with Gasteiger partial charge in [0.2, 0.25) is 0 Å². The van der Waals surface area contributed by atoms with Crippen LogP contribution in [0.25, 0.3) is 0 Å². The second-order valence-electron chi connectivity index (χ2n) is 0.891. The van der Waals surface area contributed by atoms with Crippen LogP contribution in [-0.4, -0.2) is 23.1 Å². The molecule has 0 aliphatic rings. The van der Waals surface area contributed by atoms with Gasteiger partial charge in [-0.1, -0.05) is 21.6 Å². The van der Waals surface area contributed by atoms with E-state index in [9.17, 15) is 4.79 Å². The summed E-state index contributed by atoms with van der Waals surface area (Å²) >= 11 is 0. The summed E-state index contributed by atoms with van der Waals surface area (Å²) in [6, 6.07) is 0. The van der Waals surface area contributed by atoms with Crippen LogP contribution < -0.4 is 0 Å². The molecule has 0 bridgehead atoms. The molecule has 2 nitrogen and oxygen atoms in total. The van der Waals surface area contributed by atoms with Crippen LogP contribution in [0.5, 0.6) is 0 Å². The van der Waals surface area contributed by atoms with Gasteiger partial charge in [-0.25, -0.2) is 0 Å². The van der Waals surface area contributed by atoms with Gasteiger partial charge in [0.05, 0.1) is 0 Å². The third-order valence-corrected chi connectivity index (χ3v) is 4.04. The van der Waals surface area contributed by atoms with Crippen molar-refractivity contribution in [3.63, 3.8) is 0 Å². The number of hydrogen-bond donors (Lipinski definition) is 1. The van der Waals surface area contributed by atoms with Gasteiger partial charge in [0, 0.05) is 0 Å². The summed E-state index contributed by atoms with van der Waals surface area (Å²) in [6.07, 6.45) is 1.92. The maximum absolute atomic E-state index is 9.83. The minimum atomic E-state index is -0.753. The zero-order chi connectivity index (χ0) is 6.41. The Morgan fingerprint density at radius 1 is 1.75 bits per heavy atom. The quantitative estimate of drug-likeness (QED) is 0.513. The lowest BCUT2D eigenvalue weighted by molar-refractivity contribution is -0.133. The lowest BCUT2D eigenvalue weighted by Gasteiger charge is -1.88. The predicted molar refractivity (Wildman–Crippen MR) is 41.2 cm³/mol. The van der Waals surface area contributed by atoms with E-state index >= 15 is 0 Å². The van der Waals surface area contributed by atoms with Crippen LogP contribution in [-0.2, 0) is 4.79 Å². The number of carboxylic acids is 1. The summed E-state index contributed by atoms with van der Waals surface area (Å²) in [4.78, 5) is 9.83. The molecule has 0 spiro atoms. The fraction of sp³-hybridized carbons (Fsp3) is 0.667. The second-order valence-corrected chi connectivity index (χ2v) is 5.22. The molecule has 0 aromatic heterocycles. The van der Waals surface area contributed by atoms with Crippen LogP contribution in [0.1, 0.15) is 0 Å². The summed E-state index contributed by atoms with van der Waals surface area (Å²) in [5.74, 6) is -0.567. The van der Waals surface area contributed by atoms with Crippen LogP contribution in [0.3, 0.4) is 0 Å². The Labute approximate surface area is 59.6 Å². The predicted octanol–water partition coefficient (Wildman–Crippen LogP) is 1.73. The first-order chi connectivity index (χ1) is 3.77. The number of aliphatic carboxylic acids is 1. The Balaban J connectivity index is 2.82. The van der Waals surface area contributed by atoms with Gasteiger partial charge in [-0.15, -0.1) is 0 Å². The average Bonchev–Trinajstić information content (AvgIpc) is 1.66. The van der Waals surface area contributed by atoms with E-state index in [-0.39, 0.29) is 5.75 Å². The van der Waals surface area contributed by atoms with Gasteiger partial charge < -0.3 is 5.11 Å². The zero-order valence-electron chi connectivity index (χ0n) is 4.29. The molecule has 0 aromatic rings. The van der Waals surface area contributed by atoms with Crippen LogP contribution in [0.4, 0.5) is 0 Å². The van der Waals surface area contributed by atoms with Crippen molar-refractivity contribution in [1.82, 2.24) is 0 Å². The topological polar surface area (TPSA) is 37.3 Å². The fourth-order valence-corrected chi connectivity index (χ4v) is 2.40.